The highest BCUT2D eigenvalue weighted by Gasteiger charge is 2.48. The van der Waals surface area contributed by atoms with E-state index in [0.717, 1.165) is 0 Å². The Labute approximate surface area is 117 Å². The van der Waals surface area contributed by atoms with Gasteiger partial charge in [0, 0.05) is 18.8 Å². The number of ether oxygens (including phenoxy) is 1. The highest BCUT2D eigenvalue weighted by atomic mass is 16.5. The molecule has 0 aromatic heterocycles. The van der Waals surface area contributed by atoms with Gasteiger partial charge < -0.3 is 36.2 Å². The fraction of sp³-hybridized carbons (Fsp3) is 0.917. The summed E-state index contributed by atoms with van der Waals surface area (Å²) in [5, 5.41) is 42.4. The van der Waals surface area contributed by atoms with E-state index in [2.05, 4.69) is 5.32 Å². The molecule has 8 heteroatoms. The maximum absolute atomic E-state index is 11.2. The summed E-state index contributed by atoms with van der Waals surface area (Å²) in [4.78, 5) is 11.2. The van der Waals surface area contributed by atoms with Gasteiger partial charge in [-0.05, 0) is 0 Å². The molecule has 20 heavy (non-hydrogen) atoms. The van der Waals surface area contributed by atoms with Crippen LogP contribution in [0.2, 0.25) is 0 Å². The number of nitrogens with one attached hydrogen (secondary N) is 1. The van der Waals surface area contributed by atoms with E-state index >= 15 is 0 Å². The molecule has 0 radical (unpaired) electrons. The third kappa shape index (κ3) is 3.66. The van der Waals surface area contributed by atoms with Crippen molar-refractivity contribution in [3.8, 4) is 0 Å². The number of hydrogen-bond acceptors (Lipinski definition) is 7. The van der Waals surface area contributed by atoms with Crippen molar-refractivity contribution in [1.29, 1.82) is 0 Å². The molecule has 1 aliphatic heterocycles. The molecule has 5 unspecified atom stereocenters. The number of hydrogen-bond donors (Lipinski definition) is 6. The Morgan fingerprint density at radius 3 is 2.60 bits per heavy atom. The summed E-state index contributed by atoms with van der Waals surface area (Å²) in [7, 11) is 0. The van der Waals surface area contributed by atoms with Crippen molar-refractivity contribution in [2.45, 2.75) is 44.2 Å². The second kappa shape index (κ2) is 6.33. The van der Waals surface area contributed by atoms with Crippen molar-refractivity contribution < 1.29 is 30.0 Å². The van der Waals surface area contributed by atoms with Crippen molar-refractivity contribution in [2.75, 3.05) is 19.8 Å². The van der Waals surface area contributed by atoms with Gasteiger partial charge in [0.15, 0.2) is 0 Å². The number of nitrogens with two attached hydrogens (primary N) is 1. The molecule has 1 heterocycles. The number of carbonyl (C=O) groups is 1. The van der Waals surface area contributed by atoms with Gasteiger partial charge >= 0.3 is 0 Å². The Kier molecular flexibility index (Phi) is 5.47. The normalized spacial score (nSPS) is 43.2. The smallest absolute Gasteiger partial charge is 0.217 e. The van der Waals surface area contributed by atoms with Crippen LogP contribution in [0, 0.1) is 5.41 Å². The van der Waals surface area contributed by atoms with E-state index in [1.54, 1.807) is 0 Å². The summed E-state index contributed by atoms with van der Waals surface area (Å²) in [5.41, 5.74) is 2.65. The lowest BCUT2D eigenvalue weighted by molar-refractivity contribution is -0.139. The maximum Gasteiger partial charge on any atom is 0.217 e. The van der Waals surface area contributed by atoms with Gasteiger partial charge in [-0.3, -0.25) is 4.79 Å². The molecule has 0 bridgehead atoms. The molecule has 5 atom stereocenters. The van der Waals surface area contributed by atoms with E-state index in [1.807, 2.05) is 0 Å². The molecule has 1 rings (SSSR count). The molecule has 0 spiro atoms. The molecule has 0 aromatic carbocycles. The molecule has 1 aliphatic rings. The van der Waals surface area contributed by atoms with Crippen molar-refractivity contribution in [1.82, 2.24) is 5.32 Å². The van der Waals surface area contributed by atoms with Crippen molar-refractivity contribution in [3.05, 3.63) is 0 Å². The first-order valence-electron chi connectivity index (χ1n) is 6.47. The van der Waals surface area contributed by atoms with Gasteiger partial charge in [0.25, 0.3) is 0 Å². The van der Waals surface area contributed by atoms with E-state index in [1.165, 1.54) is 13.8 Å². The van der Waals surface area contributed by atoms with Gasteiger partial charge in [0.1, 0.15) is 11.8 Å². The third-order valence-electron chi connectivity index (χ3n) is 3.72. The standard InChI is InChI=1S/C12H24N2O6/c1-7(16)14-9-8(17)10(18)11(2,5-15)6-20-4-3-12(9,13)19/h8-10,15,17-19H,3-6,13H2,1-2H3,(H,14,16). The molecular weight excluding hydrogens is 268 g/mol. The van der Waals surface area contributed by atoms with Crippen LogP contribution in [0.1, 0.15) is 20.3 Å². The molecule has 1 fully saturated rings. The molecular formula is C12H24N2O6. The zero-order chi connectivity index (χ0) is 15.6. The van der Waals surface area contributed by atoms with E-state index in [0.29, 0.717) is 0 Å². The van der Waals surface area contributed by atoms with Crippen LogP contribution in [0.4, 0.5) is 0 Å². The molecule has 8 nitrogen and oxygen atoms in total. The van der Waals surface area contributed by atoms with E-state index in [4.69, 9.17) is 10.5 Å². The van der Waals surface area contributed by atoms with E-state index in [-0.39, 0.29) is 19.6 Å². The fourth-order valence-corrected chi connectivity index (χ4v) is 2.24. The van der Waals surface area contributed by atoms with Crippen LogP contribution in [0.5, 0.6) is 0 Å². The van der Waals surface area contributed by atoms with Crippen LogP contribution in [-0.2, 0) is 9.53 Å². The lowest BCUT2D eigenvalue weighted by Crippen LogP contribution is -2.67. The molecule has 1 amide bonds. The Hall–Kier alpha value is -0.770. The summed E-state index contributed by atoms with van der Waals surface area (Å²) in [6, 6.07) is -1.28. The Balaban J connectivity index is 3.11. The molecule has 0 aromatic rings. The summed E-state index contributed by atoms with van der Waals surface area (Å²) < 4.78 is 5.28. The predicted molar refractivity (Wildman–Crippen MR) is 69.4 cm³/mol. The fourth-order valence-electron chi connectivity index (χ4n) is 2.24. The highest BCUT2D eigenvalue weighted by molar-refractivity contribution is 5.73. The second-order valence-corrected chi connectivity index (χ2v) is 5.72. The average molecular weight is 292 g/mol. The zero-order valence-corrected chi connectivity index (χ0v) is 11.7. The lowest BCUT2D eigenvalue weighted by Gasteiger charge is -2.40. The second-order valence-electron chi connectivity index (χ2n) is 5.72. The molecule has 7 N–H and O–H groups in total. The molecule has 0 saturated carbocycles. The lowest BCUT2D eigenvalue weighted by atomic mass is 9.79. The van der Waals surface area contributed by atoms with Crippen LogP contribution >= 0.6 is 0 Å². The van der Waals surface area contributed by atoms with Crippen molar-refractivity contribution in [2.24, 2.45) is 11.1 Å². The van der Waals surface area contributed by atoms with Crippen LogP contribution in [0.15, 0.2) is 0 Å². The minimum atomic E-state index is -1.94. The van der Waals surface area contributed by atoms with Gasteiger partial charge in [-0.15, -0.1) is 0 Å². The van der Waals surface area contributed by atoms with Gasteiger partial charge in [0.05, 0.1) is 32.0 Å². The highest BCUT2D eigenvalue weighted by Crippen LogP contribution is 2.29. The first-order chi connectivity index (χ1) is 9.14. The first kappa shape index (κ1) is 17.3. The number of aliphatic hydroxyl groups is 4. The third-order valence-corrected chi connectivity index (χ3v) is 3.72. The molecule has 118 valence electrons. The minimum Gasteiger partial charge on any atom is -0.396 e. The Morgan fingerprint density at radius 2 is 2.10 bits per heavy atom. The van der Waals surface area contributed by atoms with Gasteiger partial charge in [-0.25, -0.2) is 0 Å². The summed E-state index contributed by atoms with van der Waals surface area (Å²) in [6.45, 7) is 2.37. The van der Waals surface area contributed by atoms with Gasteiger partial charge in [-0.2, -0.15) is 0 Å². The topological polar surface area (TPSA) is 145 Å². The Morgan fingerprint density at radius 1 is 1.50 bits per heavy atom. The first-order valence-corrected chi connectivity index (χ1v) is 6.47. The van der Waals surface area contributed by atoms with Crippen LogP contribution in [0.3, 0.4) is 0 Å². The monoisotopic (exact) mass is 292 g/mol. The SMILES string of the molecule is CC(=O)NC1C(O)C(O)C(C)(CO)COCCC1(N)O. The maximum atomic E-state index is 11.2. The predicted octanol–water partition coefficient (Wildman–Crippen LogP) is -2.72. The number of amides is 1. The number of rotatable bonds is 2. The quantitative estimate of drug-likeness (QED) is 0.303. The summed E-state index contributed by atoms with van der Waals surface area (Å²) in [6.07, 6.45) is -3.02. The van der Waals surface area contributed by atoms with Crippen LogP contribution in [-0.4, -0.2) is 70.1 Å². The summed E-state index contributed by atoms with van der Waals surface area (Å²) >= 11 is 0. The minimum absolute atomic E-state index is 0.00933. The van der Waals surface area contributed by atoms with Crippen LogP contribution < -0.4 is 11.1 Å². The van der Waals surface area contributed by atoms with Crippen molar-refractivity contribution in [3.63, 3.8) is 0 Å². The number of aliphatic hydroxyl groups excluding tert-OH is 3. The van der Waals surface area contributed by atoms with Gasteiger partial charge in [-0.1, -0.05) is 6.92 Å². The van der Waals surface area contributed by atoms with Crippen LogP contribution in [0.25, 0.3) is 0 Å². The average Bonchev–Trinajstić information content (AvgIpc) is 2.40. The van der Waals surface area contributed by atoms with Gasteiger partial charge in [0.2, 0.25) is 5.91 Å². The van der Waals surface area contributed by atoms with Crippen molar-refractivity contribution >= 4 is 5.91 Å². The molecule has 0 aliphatic carbocycles. The molecule has 1 saturated heterocycles. The zero-order valence-electron chi connectivity index (χ0n) is 11.7. The van der Waals surface area contributed by atoms with E-state index in [9.17, 15) is 25.2 Å². The Bertz CT molecular complexity index is 351. The van der Waals surface area contributed by atoms with E-state index < -0.39 is 41.9 Å². The number of carbonyl (C=O) groups excluding carboxylic acids is 1. The largest absolute Gasteiger partial charge is 0.396 e. The summed E-state index contributed by atoms with van der Waals surface area (Å²) in [5.74, 6) is -0.504.